The summed E-state index contributed by atoms with van der Waals surface area (Å²) in [7, 11) is 0. The number of nitrogens with zero attached hydrogens (tertiary/aromatic N) is 1. The number of pyridine rings is 1. The predicted molar refractivity (Wildman–Crippen MR) is 111 cm³/mol. The second-order valence-electron chi connectivity index (χ2n) is 5.19. The van der Waals surface area contributed by atoms with Crippen LogP contribution in [0.5, 0.6) is 0 Å². The molecule has 26 heavy (non-hydrogen) atoms. The molecule has 132 valence electrons. The molecule has 0 saturated carbocycles. The van der Waals surface area contributed by atoms with Crippen molar-refractivity contribution in [1.82, 2.24) is 4.98 Å². The maximum absolute atomic E-state index is 11.5. The van der Waals surface area contributed by atoms with Gasteiger partial charge in [0.1, 0.15) is 0 Å². The summed E-state index contributed by atoms with van der Waals surface area (Å²) in [5.74, 6) is 0. The molecule has 0 amide bonds. The van der Waals surface area contributed by atoms with Gasteiger partial charge in [0.2, 0.25) is 0 Å². The van der Waals surface area contributed by atoms with Gasteiger partial charge in [-0.3, -0.25) is 4.79 Å². The summed E-state index contributed by atoms with van der Waals surface area (Å²) in [4.78, 5) is 16.0. The average Bonchev–Trinajstić information content (AvgIpc) is 2.62. The Kier molecular flexibility index (Phi) is 6.03. The Bertz CT molecular complexity index is 1030. The van der Waals surface area contributed by atoms with E-state index in [1.165, 1.54) is 0 Å². The van der Waals surface area contributed by atoms with Crippen molar-refractivity contribution < 1.29 is 4.79 Å². The highest BCUT2D eigenvalue weighted by Gasteiger charge is 2.20. The second-order valence-corrected chi connectivity index (χ2v) is 7.57. The third-order valence-electron chi connectivity index (χ3n) is 3.63. The lowest BCUT2D eigenvalue weighted by atomic mass is 10.0. The highest BCUT2D eigenvalue weighted by Crippen LogP contribution is 2.42. The van der Waals surface area contributed by atoms with Gasteiger partial charge in [-0.05, 0) is 36.4 Å². The predicted octanol–water partition coefficient (Wildman–Crippen LogP) is 8.15. The molecule has 0 aliphatic heterocycles. The summed E-state index contributed by atoms with van der Waals surface area (Å²) in [6.07, 6.45) is 0.654. The molecule has 8 heteroatoms. The zero-order chi connectivity index (χ0) is 19.0. The van der Waals surface area contributed by atoms with E-state index in [1.54, 1.807) is 36.4 Å². The first-order chi connectivity index (χ1) is 12.3. The number of aromatic nitrogens is 1. The van der Waals surface area contributed by atoms with E-state index in [0.29, 0.717) is 38.2 Å². The molecule has 2 nitrogen and oxygen atoms in total. The zero-order valence-corrected chi connectivity index (χ0v) is 17.2. The number of hydrogen-bond donors (Lipinski definition) is 0. The van der Waals surface area contributed by atoms with E-state index in [4.69, 9.17) is 69.6 Å². The normalized spacial score (nSPS) is 10.8. The van der Waals surface area contributed by atoms with Gasteiger partial charge in [0.25, 0.3) is 0 Å². The maximum atomic E-state index is 11.5. The van der Waals surface area contributed by atoms with E-state index < -0.39 is 0 Å². The number of benzene rings is 2. The van der Waals surface area contributed by atoms with Gasteiger partial charge in [-0.2, -0.15) is 0 Å². The lowest BCUT2D eigenvalue weighted by molar-refractivity contribution is 0.112. The minimum atomic E-state index is 0.190. The Hall–Kier alpha value is -1.000. The van der Waals surface area contributed by atoms with Crippen LogP contribution in [0.1, 0.15) is 10.4 Å². The van der Waals surface area contributed by atoms with Crippen molar-refractivity contribution in [2.45, 2.75) is 0 Å². The van der Waals surface area contributed by atoms with Gasteiger partial charge in [-0.25, -0.2) is 4.98 Å². The molecule has 0 atom stereocenters. The molecular weight excluding hydrogens is 459 g/mol. The van der Waals surface area contributed by atoms with Crippen molar-refractivity contribution in [3.05, 3.63) is 72.1 Å². The van der Waals surface area contributed by atoms with Crippen molar-refractivity contribution in [2.24, 2.45) is 0 Å². The molecule has 0 aliphatic rings. The first-order valence-corrected chi connectivity index (χ1v) is 9.36. The van der Waals surface area contributed by atoms with Gasteiger partial charge in [0, 0.05) is 16.7 Å². The van der Waals surface area contributed by atoms with Crippen LogP contribution >= 0.6 is 69.6 Å². The van der Waals surface area contributed by atoms with Gasteiger partial charge >= 0.3 is 0 Å². The van der Waals surface area contributed by atoms with Crippen LogP contribution in [0.4, 0.5) is 0 Å². The summed E-state index contributed by atoms with van der Waals surface area (Å²) in [6.45, 7) is 0. The van der Waals surface area contributed by atoms with Crippen molar-refractivity contribution in [2.75, 3.05) is 0 Å². The summed E-state index contributed by atoms with van der Waals surface area (Å²) < 4.78 is 0. The molecule has 1 aromatic heterocycles. The maximum Gasteiger partial charge on any atom is 0.152 e. The summed E-state index contributed by atoms with van der Waals surface area (Å²) in [6, 6.07) is 9.52. The lowest BCUT2D eigenvalue weighted by Gasteiger charge is -2.13. The van der Waals surface area contributed by atoms with E-state index in [9.17, 15) is 4.79 Å². The number of halogens is 6. The van der Waals surface area contributed by atoms with E-state index >= 15 is 0 Å². The van der Waals surface area contributed by atoms with E-state index in [2.05, 4.69) is 4.98 Å². The monoisotopic (exact) mass is 463 g/mol. The van der Waals surface area contributed by atoms with E-state index in [1.807, 2.05) is 0 Å². The smallest absolute Gasteiger partial charge is 0.152 e. The van der Waals surface area contributed by atoms with Crippen molar-refractivity contribution in [1.29, 1.82) is 0 Å². The standard InChI is InChI=1S/C18H7Cl6NO/c19-9-2-4-11(21)16(23)14(9)13-6-1-8(7-26)18(25-13)15-10(20)3-5-12(22)17(15)24/h1-7H. The molecule has 0 N–H and O–H groups in total. The lowest BCUT2D eigenvalue weighted by Crippen LogP contribution is -1.97. The summed E-state index contributed by atoms with van der Waals surface area (Å²) >= 11 is 37.3. The quantitative estimate of drug-likeness (QED) is 0.288. The molecule has 3 aromatic rings. The Labute approximate surface area is 179 Å². The summed E-state index contributed by atoms with van der Waals surface area (Å²) in [5, 5.41) is 1.71. The first kappa shape index (κ1) is 19.8. The number of carbonyl (C=O) groups is 1. The molecule has 0 fully saturated rings. The fourth-order valence-electron chi connectivity index (χ4n) is 2.41. The van der Waals surface area contributed by atoms with Crippen LogP contribution in [0, 0.1) is 0 Å². The van der Waals surface area contributed by atoms with Crippen molar-refractivity contribution >= 4 is 75.9 Å². The molecule has 0 bridgehead atoms. The Balaban J connectivity index is 2.34. The molecule has 2 aromatic carbocycles. The number of hydrogen-bond acceptors (Lipinski definition) is 2. The summed E-state index contributed by atoms with van der Waals surface area (Å²) in [5.41, 5.74) is 1.75. The van der Waals surface area contributed by atoms with Gasteiger partial charge in [-0.15, -0.1) is 0 Å². The number of rotatable bonds is 3. The largest absolute Gasteiger partial charge is 0.298 e. The fourth-order valence-corrected chi connectivity index (χ4v) is 3.84. The molecule has 3 rings (SSSR count). The molecule has 0 aliphatic carbocycles. The second kappa shape index (κ2) is 7.93. The van der Waals surface area contributed by atoms with Crippen molar-refractivity contribution in [3.8, 4) is 22.5 Å². The van der Waals surface area contributed by atoms with Gasteiger partial charge < -0.3 is 0 Å². The van der Waals surface area contributed by atoms with Crippen LogP contribution in [0.2, 0.25) is 30.1 Å². The van der Waals surface area contributed by atoms with Crippen LogP contribution < -0.4 is 0 Å². The zero-order valence-electron chi connectivity index (χ0n) is 12.7. The van der Waals surface area contributed by atoms with Gasteiger partial charge in [0.15, 0.2) is 6.29 Å². The molecule has 0 radical (unpaired) electrons. The van der Waals surface area contributed by atoms with Crippen molar-refractivity contribution in [3.63, 3.8) is 0 Å². The number of carbonyl (C=O) groups excluding carboxylic acids is 1. The third-order valence-corrected chi connectivity index (χ3v) is 5.87. The molecular formula is C18H7Cl6NO. The van der Waals surface area contributed by atoms with Crippen LogP contribution in [0.25, 0.3) is 22.5 Å². The van der Waals surface area contributed by atoms with Gasteiger partial charge in [0.05, 0.1) is 41.5 Å². The molecule has 0 spiro atoms. The van der Waals surface area contributed by atoms with E-state index in [0.717, 1.165) is 0 Å². The van der Waals surface area contributed by atoms with Crippen LogP contribution in [0.15, 0.2) is 36.4 Å². The van der Waals surface area contributed by atoms with Crippen LogP contribution in [-0.2, 0) is 0 Å². The minimum absolute atomic E-state index is 0.190. The Morgan fingerprint density at radius 1 is 0.654 bits per heavy atom. The van der Waals surface area contributed by atoms with E-state index in [-0.39, 0.29) is 26.3 Å². The van der Waals surface area contributed by atoms with Crippen LogP contribution in [-0.4, -0.2) is 11.3 Å². The Morgan fingerprint density at radius 2 is 1.15 bits per heavy atom. The first-order valence-electron chi connectivity index (χ1n) is 7.09. The van der Waals surface area contributed by atoms with Gasteiger partial charge in [-0.1, -0.05) is 69.6 Å². The molecule has 0 unspecified atom stereocenters. The molecule has 0 saturated heterocycles. The fraction of sp³-hybridized carbons (Fsp3) is 0. The average molecular weight is 466 g/mol. The van der Waals surface area contributed by atoms with Crippen LogP contribution in [0.3, 0.4) is 0 Å². The number of aldehydes is 1. The minimum Gasteiger partial charge on any atom is -0.298 e. The highest BCUT2D eigenvalue weighted by atomic mass is 35.5. The Morgan fingerprint density at radius 3 is 1.73 bits per heavy atom. The molecule has 1 heterocycles. The highest BCUT2D eigenvalue weighted by molar-refractivity contribution is 6.47. The third kappa shape index (κ3) is 3.55. The topological polar surface area (TPSA) is 30.0 Å². The SMILES string of the molecule is O=Cc1ccc(-c2c(Cl)ccc(Cl)c2Cl)nc1-c1c(Cl)ccc(Cl)c1Cl.